The van der Waals surface area contributed by atoms with E-state index in [-0.39, 0.29) is 45.2 Å². The number of ether oxygens (including phenoxy) is 1. The van der Waals surface area contributed by atoms with Gasteiger partial charge in [-0.3, -0.25) is 0 Å². The molecule has 1 unspecified atom stereocenters. The van der Waals surface area contributed by atoms with E-state index < -0.39 is 0 Å². The van der Waals surface area contributed by atoms with Crippen LogP contribution in [-0.4, -0.2) is 7.11 Å². The van der Waals surface area contributed by atoms with Crippen molar-refractivity contribution in [1.82, 2.24) is 0 Å². The molecule has 0 N–H and O–H groups in total. The Morgan fingerprint density at radius 2 is 1.67 bits per heavy atom. The number of benzene rings is 1. The Morgan fingerprint density at radius 3 is 2.00 bits per heavy atom. The van der Waals surface area contributed by atoms with Gasteiger partial charge in [0.2, 0.25) is 0 Å². The fraction of sp³-hybridized carbons (Fsp3) is 0.143. The third kappa shape index (κ3) is 5.36. The predicted molar refractivity (Wildman–Crippen MR) is 56.8 cm³/mol. The third-order valence-corrected chi connectivity index (χ3v) is 1.62. The quantitative estimate of drug-likeness (QED) is 0.568. The summed E-state index contributed by atoms with van der Waals surface area (Å²) in [5.74, 6) is 0.919. The summed E-state index contributed by atoms with van der Waals surface area (Å²) in [5, 5.41) is 1.10. The molecule has 0 aliphatic heterocycles. The van der Waals surface area contributed by atoms with E-state index in [0.29, 0.717) is 0 Å². The van der Waals surface area contributed by atoms with E-state index >= 15 is 0 Å². The van der Waals surface area contributed by atoms with Gasteiger partial charge in [0, 0.05) is 25.7 Å². The molecular weight excluding hydrogens is 308 g/mol. The van der Waals surface area contributed by atoms with Crippen LogP contribution in [0, 0.1) is 0 Å². The smallest absolute Gasteiger partial charge is 0.125 e. The number of halogens is 2. The summed E-state index contributed by atoms with van der Waals surface area (Å²) >= 11 is 0. The maximum atomic E-state index is 5.02. The Balaban J connectivity index is -0.000000270. The molecule has 0 radical (unpaired) electrons. The van der Waals surface area contributed by atoms with Gasteiger partial charge in [0.15, 0.2) is 0 Å². The number of methoxy groups -OCH3 is 1. The van der Waals surface area contributed by atoms with Gasteiger partial charge in [0.05, 0.1) is 7.11 Å². The Labute approximate surface area is 101 Å². The summed E-state index contributed by atoms with van der Waals surface area (Å²) < 4.78 is 5.02. The summed E-state index contributed by atoms with van der Waals surface area (Å²) in [6, 6.07) is 7.85. The van der Waals surface area contributed by atoms with Crippen LogP contribution in [0.5, 0.6) is 5.75 Å². The van der Waals surface area contributed by atoms with Crippen molar-refractivity contribution in [3.63, 3.8) is 0 Å². The molecule has 0 bridgehead atoms. The fourth-order valence-electron chi connectivity index (χ4n) is 0.666. The van der Waals surface area contributed by atoms with Gasteiger partial charge in [-0.1, -0.05) is 18.2 Å². The molecule has 0 fully saturated rings. The Morgan fingerprint density at radius 1 is 1.17 bits per heavy atom. The molecule has 0 spiro atoms. The van der Waals surface area contributed by atoms with Crippen molar-refractivity contribution in [1.29, 1.82) is 0 Å². The molecule has 0 saturated heterocycles. The second-order valence-corrected chi connectivity index (χ2v) is 2.36. The summed E-state index contributed by atoms with van der Waals surface area (Å²) in [6.45, 7) is 0. The average molecular weight is 319 g/mol. The van der Waals surface area contributed by atoms with Crippen LogP contribution in [0.3, 0.4) is 0 Å². The molecule has 1 aromatic rings. The van der Waals surface area contributed by atoms with Crippen molar-refractivity contribution in [2.24, 2.45) is 0 Å². The topological polar surface area (TPSA) is 9.23 Å². The van der Waals surface area contributed by atoms with Crippen LogP contribution in [0.25, 0.3) is 0 Å². The zero-order chi connectivity index (χ0) is 6.69. The molecule has 0 aliphatic carbocycles. The minimum absolute atomic E-state index is 0. The van der Waals surface area contributed by atoms with Crippen molar-refractivity contribution in [2.45, 2.75) is 0 Å². The summed E-state index contributed by atoms with van der Waals surface area (Å²) in [7, 11) is 4.28. The molecule has 1 atom stereocenters. The summed E-state index contributed by atoms with van der Waals surface area (Å²) in [5.41, 5.74) is 0. The standard InChI is InChI=1S/C7H9OP.2ClH.Pd/c1-8-6-4-2-3-5-7(6)9;;;/h2-5H,9H2,1H3;2*1H;. The SMILES string of the molecule is COc1ccccc1P.Cl.Cl.[Pd]. The van der Waals surface area contributed by atoms with E-state index in [2.05, 4.69) is 9.24 Å². The zero-order valence-corrected chi connectivity index (χ0v) is 10.8. The predicted octanol–water partition coefficient (Wildman–Crippen LogP) is 2.04. The molecule has 0 amide bonds. The van der Waals surface area contributed by atoms with Gasteiger partial charge in [-0.25, -0.2) is 0 Å². The first-order valence-electron chi connectivity index (χ1n) is 2.73. The molecule has 0 aliphatic rings. The van der Waals surface area contributed by atoms with Crippen molar-refractivity contribution < 1.29 is 25.2 Å². The van der Waals surface area contributed by atoms with Crippen molar-refractivity contribution in [3.05, 3.63) is 24.3 Å². The maximum Gasteiger partial charge on any atom is 0.125 e. The van der Waals surface area contributed by atoms with E-state index in [1.165, 1.54) is 0 Å². The Hall–Kier alpha value is 0.692. The second-order valence-electron chi connectivity index (χ2n) is 1.74. The second kappa shape index (κ2) is 9.78. The molecule has 1 nitrogen and oxygen atoms in total. The van der Waals surface area contributed by atoms with Crippen LogP contribution in [0.4, 0.5) is 0 Å². The first-order chi connectivity index (χ1) is 4.34. The molecule has 1 aromatic carbocycles. The number of rotatable bonds is 1. The van der Waals surface area contributed by atoms with Gasteiger partial charge in [0.25, 0.3) is 0 Å². The van der Waals surface area contributed by atoms with E-state index in [0.717, 1.165) is 11.1 Å². The first kappa shape index (κ1) is 18.5. The number of para-hydroxylation sites is 1. The number of hydrogen-bond donors (Lipinski definition) is 0. The van der Waals surface area contributed by atoms with Gasteiger partial charge in [-0.15, -0.1) is 34.1 Å². The molecule has 1 rings (SSSR count). The van der Waals surface area contributed by atoms with Gasteiger partial charge in [-0.05, 0) is 6.07 Å². The molecule has 0 aromatic heterocycles. The first-order valence-corrected chi connectivity index (χ1v) is 3.31. The molecular formula is C7H11Cl2OPPd. The van der Waals surface area contributed by atoms with Crippen molar-refractivity contribution >= 4 is 39.4 Å². The Bertz CT molecular complexity index is 210. The van der Waals surface area contributed by atoms with Gasteiger partial charge in [0.1, 0.15) is 5.75 Å². The fourth-order valence-corrected chi connectivity index (χ4v) is 0.992. The summed E-state index contributed by atoms with van der Waals surface area (Å²) in [4.78, 5) is 0. The van der Waals surface area contributed by atoms with Crippen LogP contribution in [0.1, 0.15) is 0 Å². The maximum absolute atomic E-state index is 5.02. The molecule has 0 saturated carbocycles. The normalized spacial score (nSPS) is 6.83. The van der Waals surface area contributed by atoms with Crippen molar-refractivity contribution in [3.8, 4) is 5.75 Å². The van der Waals surface area contributed by atoms with Gasteiger partial charge >= 0.3 is 0 Å². The molecule has 5 heteroatoms. The van der Waals surface area contributed by atoms with Gasteiger partial charge < -0.3 is 4.74 Å². The average Bonchev–Trinajstić information content (AvgIpc) is 1.89. The van der Waals surface area contributed by atoms with Crippen LogP contribution < -0.4 is 10.0 Å². The van der Waals surface area contributed by atoms with E-state index in [9.17, 15) is 0 Å². The Kier molecular flexibility index (Phi) is 15.1. The zero-order valence-electron chi connectivity index (χ0n) is 6.43. The van der Waals surface area contributed by atoms with Crippen LogP contribution in [0.15, 0.2) is 24.3 Å². The third-order valence-electron chi connectivity index (χ3n) is 1.14. The largest absolute Gasteiger partial charge is 0.496 e. The van der Waals surface area contributed by atoms with Crippen LogP contribution in [-0.2, 0) is 20.4 Å². The van der Waals surface area contributed by atoms with E-state index in [4.69, 9.17) is 4.74 Å². The van der Waals surface area contributed by atoms with E-state index in [1.54, 1.807) is 7.11 Å². The minimum atomic E-state index is 0. The minimum Gasteiger partial charge on any atom is -0.496 e. The monoisotopic (exact) mass is 318 g/mol. The molecule has 74 valence electrons. The van der Waals surface area contributed by atoms with Crippen LogP contribution >= 0.6 is 34.1 Å². The molecule has 0 heterocycles. The summed E-state index contributed by atoms with van der Waals surface area (Å²) in [6.07, 6.45) is 0. The van der Waals surface area contributed by atoms with Crippen molar-refractivity contribution in [2.75, 3.05) is 7.11 Å². The van der Waals surface area contributed by atoms with Gasteiger partial charge in [-0.2, -0.15) is 0 Å². The molecule has 12 heavy (non-hydrogen) atoms. The van der Waals surface area contributed by atoms with Crippen LogP contribution in [0.2, 0.25) is 0 Å². The number of hydrogen-bond acceptors (Lipinski definition) is 1. The van der Waals surface area contributed by atoms with E-state index in [1.807, 2.05) is 24.3 Å².